The largest absolute Gasteiger partial charge is 0.480 e. The van der Waals surface area contributed by atoms with Gasteiger partial charge in [0.15, 0.2) is 0 Å². The van der Waals surface area contributed by atoms with E-state index in [1.165, 1.54) is 14.0 Å². The van der Waals surface area contributed by atoms with Gasteiger partial charge in [-0.2, -0.15) is 9.40 Å². The summed E-state index contributed by atoms with van der Waals surface area (Å²) in [5.74, 6) is -1.11. The second-order valence-corrected chi connectivity index (χ2v) is 5.95. The Balaban J connectivity index is 2.91. The molecule has 8 nitrogen and oxygen atoms in total. The van der Waals surface area contributed by atoms with Gasteiger partial charge in [-0.1, -0.05) is 0 Å². The van der Waals surface area contributed by atoms with Gasteiger partial charge in [-0.25, -0.2) is 8.42 Å². The number of aromatic nitrogens is 2. The Morgan fingerprint density at radius 1 is 1.61 bits per heavy atom. The summed E-state index contributed by atoms with van der Waals surface area (Å²) < 4.78 is 26.0. The van der Waals surface area contributed by atoms with Crippen molar-refractivity contribution in [2.75, 3.05) is 13.6 Å². The van der Waals surface area contributed by atoms with Crippen molar-refractivity contribution in [2.45, 2.75) is 24.5 Å². The number of nitrogens with zero attached hydrogens (tertiary/aromatic N) is 3. The van der Waals surface area contributed by atoms with Gasteiger partial charge in [-0.3, -0.25) is 9.48 Å². The molecule has 102 valence electrons. The summed E-state index contributed by atoms with van der Waals surface area (Å²) in [5.41, 5.74) is 0. The van der Waals surface area contributed by atoms with Crippen molar-refractivity contribution in [2.24, 2.45) is 0 Å². The highest BCUT2D eigenvalue weighted by Gasteiger charge is 2.23. The maximum atomic E-state index is 12.0. The molecule has 0 fully saturated rings. The predicted molar refractivity (Wildman–Crippen MR) is 61.4 cm³/mol. The number of likely N-dealkylation sites (N-methyl/N-ethyl adjacent to an activating group) is 1. The Labute approximate surface area is 104 Å². The maximum absolute atomic E-state index is 12.0. The van der Waals surface area contributed by atoms with Gasteiger partial charge in [0.05, 0.1) is 12.3 Å². The van der Waals surface area contributed by atoms with Crippen LogP contribution >= 0.6 is 0 Å². The zero-order valence-corrected chi connectivity index (χ0v) is 10.8. The standard InChI is InChI=1S/C9H15N3O5S/c1-7(13)4-11(2)18(16,17)8-3-10-12(5-8)6-9(14)15/h3,5,7,13H,4,6H2,1-2H3,(H,14,15). The first-order valence-corrected chi connectivity index (χ1v) is 6.56. The van der Waals surface area contributed by atoms with Crippen molar-refractivity contribution >= 4 is 16.0 Å². The van der Waals surface area contributed by atoms with Crippen molar-refractivity contribution < 1.29 is 23.4 Å². The van der Waals surface area contributed by atoms with Crippen molar-refractivity contribution in [3.05, 3.63) is 12.4 Å². The van der Waals surface area contributed by atoms with E-state index in [9.17, 15) is 13.2 Å². The van der Waals surface area contributed by atoms with Crippen LogP contribution in [0.25, 0.3) is 0 Å². The zero-order valence-electron chi connectivity index (χ0n) is 10.0. The van der Waals surface area contributed by atoms with Crippen LogP contribution in [-0.4, -0.2) is 58.4 Å². The number of hydrogen-bond donors (Lipinski definition) is 2. The van der Waals surface area contributed by atoms with E-state index < -0.39 is 28.6 Å². The molecule has 0 saturated carbocycles. The number of aliphatic hydroxyl groups excluding tert-OH is 1. The van der Waals surface area contributed by atoms with Crippen LogP contribution in [0, 0.1) is 0 Å². The van der Waals surface area contributed by atoms with Gasteiger partial charge in [-0.15, -0.1) is 0 Å². The summed E-state index contributed by atoms with van der Waals surface area (Å²) in [4.78, 5) is 10.3. The third-order valence-corrected chi connectivity index (χ3v) is 3.91. The number of carboxylic acid groups (broad SMARTS) is 1. The maximum Gasteiger partial charge on any atom is 0.325 e. The smallest absolute Gasteiger partial charge is 0.325 e. The average molecular weight is 277 g/mol. The summed E-state index contributed by atoms with van der Waals surface area (Å²) in [7, 11) is -2.42. The molecule has 1 heterocycles. The highest BCUT2D eigenvalue weighted by molar-refractivity contribution is 7.89. The van der Waals surface area contributed by atoms with E-state index in [0.29, 0.717) is 0 Å². The van der Waals surface area contributed by atoms with E-state index in [0.717, 1.165) is 21.4 Å². The molecule has 1 aromatic rings. The fourth-order valence-electron chi connectivity index (χ4n) is 1.35. The molecule has 1 aromatic heterocycles. The van der Waals surface area contributed by atoms with E-state index >= 15 is 0 Å². The first kappa shape index (κ1) is 14.6. The number of sulfonamides is 1. The van der Waals surface area contributed by atoms with Gasteiger partial charge in [0.2, 0.25) is 10.0 Å². The molecule has 0 bridgehead atoms. The lowest BCUT2D eigenvalue weighted by molar-refractivity contribution is -0.137. The average Bonchev–Trinajstić information content (AvgIpc) is 2.64. The molecule has 1 atom stereocenters. The fourth-order valence-corrected chi connectivity index (χ4v) is 2.56. The quantitative estimate of drug-likeness (QED) is 0.687. The van der Waals surface area contributed by atoms with Crippen molar-refractivity contribution in [3.63, 3.8) is 0 Å². The van der Waals surface area contributed by atoms with Crippen LogP contribution in [-0.2, 0) is 21.4 Å². The molecule has 1 unspecified atom stereocenters. The van der Waals surface area contributed by atoms with Gasteiger partial charge < -0.3 is 10.2 Å². The molecule has 9 heteroatoms. The van der Waals surface area contributed by atoms with Gasteiger partial charge in [-0.05, 0) is 6.92 Å². The molecule has 0 aliphatic rings. The first-order valence-electron chi connectivity index (χ1n) is 5.12. The summed E-state index contributed by atoms with van der Waals surface area (Å²) in [5, 5.41) is 21.4. The number of aliphatic carboxylic acids is 1. The van der Waals surface area contributed by atoms with E-state index in [1.807, 2.05) is 0 Å². The fraction of sp³-hybridized carbons (Fsp3) is 0.556. The number of carboxylic acids is 1. The van der Waals surface area contributed by atoms with Crippen LogP contribution in [0.4, 0.5) is 0 Å². The third kappa shape index (κ3) is 3.52. The van der Waals surface area contributed by atoms with Crippen LogP contribution in [0.5, 0.6) is 0 Å². The topological polar surface area (TPSA) is 113 Å². The summed E-state index contributed by atoms with van der Waals surface area (Å²) in [6.45, 7) is 1.02. The van der Waals surface area contributed by atoms with Crippen molar-refractivity contribution in [1.82, 2.24) is 14.1 Å². The molecule has 18 heavy (non-hydrogen) atoms. The van der Waals surface area contributed by atoms with Crippen LogP contribution in [0.15, 0.2) is 17.3 Å². The van der Waals surface area contributed by atoms with Gasteiger partial charge in [0.25, 0.3) is 0 Å². The van der Waals surface area contributed by atoms with Crippen LogP contribution < -0.4 is 0 Å². The number of hydrogen-bond acceptors (Lipinski definition) is 5. The Morgan fingerprint density at radius 3 is 2.72 bits per heavy atom. The van der Waals surface area contributed by atoms with Gasteiger partial charge in [0.1, 0.15) is 11.4 Å². The molecule has 2 N–H and O–H groups in total. The molecular formula is C9H15N3O5S. The molecule has 0 saturated heterocycles. The third-order valence-electron chi connectivity index (χ3n) is 2.14. The SMILES string of the molecule is CC(O)CN(C)S(=O)(=O)c1cnn(CC(=O)O)c1. The monoisotopic (exact) mass is 277 g/mol. The molecule has 0 radical (unpaired) electrons. The lowest BCUT2D eigenvalue weighted by Gasteiger charge is -2.17. The second-order valence-electron chi connectivity index (χ2n) is 3.90. The molecule has 0 aliphatic heterocycles. The van der Waals surface area contributed by atoms with Crippen LogP contribution in [0.3, 0.4) is 0 Å². The van der Waals surface area contributed by atoms with E-state index in [4.69, 9.17) is 10.2 Å². The molecule has 0 aromatic carbocycles. The minimum absolute atomic E-state index is 0.0492. The molecular weight excluding hydrogens is 262 g/mol. The molecule has 0 spiro atoms. The van der Waals surface area contributed by atoms with E-state index in [-0.39, 0.29) is 11.4 Å². The predicted octanol–water partition coefficient (Wildman–Crippen LogP) is -1.03. The highest BCUT2D eigenvalue weighted by Crippen LogP contribution is 2.13. The van der Waals surface area contributed by atoms with Crippen LogP contribution in [0.2, 0.25) is 0 Å². The van der Waals surface area contributed by atoms with E-state index in [2.05, 4.69) is 5.10 Å². The zero-order chi connectivity index (χ0) is 13.9. The highest BCUT2D eigenvalue weighted by atomic mass is 32.2. The lowest BCUT2D eigenvalue weighted by Crippen LogP contribution is -2.32. The lowest BCUT2D eigenvalue weighted by atomic mass is 10.4. The Bertz CT molecular complexity index is 522. The normalized spacial score (nSPS) is 13.8. The minimum Gasteiger partial charge on any atom is -0.480 e. The number of carbonyl (C=O) groups is 1. The van der Waals surface area contributed by atoms with Gasteiger partial charge >= 0.3 is 5.97 Å². The summed E-state index contributed by atoms with van der Waals surface area (Å²) in [6, 6.07) is 0. The Morgan fingerprint density at radius 2 is 2.22 bits per heavy atom. The Hall–Kier alpha value is -1.45. The molecule has 0 amide bonds. The van der Waals surface area contributed by atoms with Crippen LogP contribution in [0.1, 0.15) is 6.92 Å². The van der Waals surface area contributed by atoms with Crippen molar-refractivity contribution in [1.29, 1.82) is 0 Å². The molecule has 0 aliphatic carbocycles. The van der Waals surface area contributed by atoms with Crippen molar-refractivity contribution in [3.8, 4) is 0 Å². The summed E-state index contributed by atoms with van der Waals surface area (Å²) >= 11 is 0. The molecule has 1 rings (SSSR count). The summed E-state index contributed by atoms with van der Waals surface area (Å²) in [6.07, 6.45) is 1.43. The number of rotatable bonds is 6. The number of aliphatic hydroxyl groups is 1. The first-order chi connectivity index (χ1) is 8.23. The minimum atomic E-state index is -3.75. The van der Waals surface area contributed by atoms with E-state index in [1.54, 1.807) is 0 Å². The van der Waals surface area contributed by atoms with Gasteiger partial charge in [0, 0.05) is 19.8 Å². The Kier molecular flexibility index (Phi) is 4.43. The second kappa shape index (κ2) is 5.46.